The van der Waals surface area contributed by atoms with Crippen LogP contribution in [0.25, 0.3) is 0 Å². The van der Waals surface area contributed by atoms with Crippen molar-refractivity contribution in [3.63, 3.8) is 0 Å². The van der Waals surface area contributed by atoms with Crippen molar-refractivity contribution in [2.75, 3.05) is 5.32 Å². The molecule has 35 heavy (non-hydrogen) atoms. The summed E-state index contributed by atoms with van der Waals surface area (Å²) >= 11 is 5.70. The quantitative estimate of drug-likeness (QED) is 0.394. The molecule has 8 nitrogen and oxygen atoms in total. The van der Waals surface area contributed by atoms with Crippen LogP contribution in [0.2, 0.25) is 5.02 Å². The Bertz CT molecular complexity index is 1320. The smallest absolute Gasteiger partial charge is 0.354 e. The first-order valence-electron chi connectivity index (χ1n) is 10.5. The number of nitrogens with one attached hydrogen (secondary N) is 3. The van der Waals surface area contributed by atoms with Crippen LogP contribution in [0.15, 0.2) is 53.6 Å². The minimum Gasteiger partial charge on any atom is -0.354 e. The Balaban J connectivity index is 1.35. The number of pyridine rings is 1. The van der Waals surface area contributed by atoms with Crippen molar-refractivity contribution in [3.8, 4) is 0 Å². The highest BCUT2D eigenvalue weighted by atomic mass is 35.5. The second kappa shape index (κ2) is 9.49. The molecule has 0 radical (unpaired) electrons. The molecule has 1 amide bonds. The van der Waals surface area contributed by atoms with Crippen LogP contribution in [0.5, 0.6) is 0 Å². The maximum absolute atomic E-state index is 13.3. The van der Waals surface area contributed by atoms with E-state index in [9.17, 15) is 27.6 Å². The summed E-state index contributed by atoms with van der Waals surface area (Å²) in [5, 5.41) is 11.2. The number of Topliss-reactive ketones (excluding diaryl/α,β-unsaturated/α-hetero) is 1. The van der Waals surface area contributed by atoms with Gasteiger partial charge in [0.05, 0.1) is 47.0 Å². The van der Waals surface area contributed by atoms with Crippen molar-refractivity contribution in [2.24, 2.45) is 5.41 Å². The second-order valence-electron chi connectivity index (χ2n) is 8.25. The fourth-order valence-corrected chi connectivity index (χ4v) is 3.72. The third-order valence-electron chi connectivity index (χ3n) is 5.64. The van der Waals surface area contributed by atoms with Gasteiger partial charge in [-0.3, -0.25) is 19.4 Å². The predicted octanol–water partition coefficient (Wildman–Crippen LogP) is 4.25. The van der Waals surface area contributed by atoms with Gasteiger partial charge in [0.1, 0.15) is 0 Å². The maximum atomic E-state index is 13.3. The van der Waals surface area contributed by atoms with Gasteiger partial charge in [-0.05, 0) is 43.2 Å². The van der Waals surface area contributed by atoms with E-state index in [-0.39, 0.29) is 40.9 Å². The molecular weight excluding hydrogens is 487 g/mol. The third kappa shape index (κ3) is 5.86. The van der Waals surface area contributed by atoms with Crippen LogP contribution in [0.1, 0.15) is 40.9 Å². The van der Waals surface area contributed by atoms with E-state index >= 15 is 0 Å². The van der Waals surface area contributed by atoms with Gasteiger partial charge in [-0.2, -0.15) is 18.3 Å². The molecule has 3 aromatic rings. The van der Waals surface area contributed by atoms with Crippen molar-refractivity contribution >= 4 is 34.7 Å². The Morgan fingerprint density at radius 1 is 1.11 bits per heavy atom. The highest BCUT2D eigenvalue weighted by Crippen LogP contribution is 2.49. The highest BCUT2D eigenvalue weighted by Gasteiger charge is 2.51. The molecule has 1 aromatic carbocycles. The topological polar surface area (TPSA) is 117 Å². The summed E-state index contributed by atoms with van der Waals surface area (Å²) in [6, 6.07) is 7.67. The summed E-state index contributed by atoms with van der Waals surface area (Å²) in [4.78, 5) is 40.7. The minimum atomic E-state index is -4.59. The fourth-order valence-electron chi connectivity index (χ4n) is 3.55. The average Bonchev–Trinajstić information content (AvgIpc) is 3.59. The zero-order valence-electron chi connectivity index (χ0n) is 18.1. The van der Waals surface area contributed by atoms with E-state index in [1.807, 2.05) is 0 Å². The Morgan fingerprint density at radius 3 is 2.51 bits per heavy atom. The molecule has 0 spiro atoms. The van der Waals surface area contributed by atoms with Gasteiger partial charge in [-0.15, -0.1) is 0 Å². The van der Waals surface area contributed by atoms with Gasteiger partial charge in [-0.25, -0.2) is 5.10 Å². The van der Waals surface area contributed by atoms with Crippen LogP contribution in [0.4, 0.5) is 24.5 Å². The van der Waals surface area contributed by atoms with Crippen molar-refractivity contribution in [1.29, 1.82) is 0 Å². The number of nitrogens with zero attached hydrogens (tertiary/aromatic N) is 2. The van der Waals surface area contributed by atoms with Gasteiger partial charge < -0.3 is 10.6 Å². The zero-order chi connectivity index (χ0) is 25.2. The van der Waals surface area contributed by atoms with Crippen LogP contribution < -0.4 is 16.2 Å². The lowest BCUT2D eigenvalue weighted by Gasteiger charge is -2.16. The monoisotopic (exact) mass is 505 g/mol. The Kier molecular flexibility index (Phi) is 6.62. The maximum Gasteiger partial charge on any atom is 0.418 e. The summed E-state index contributed by atoms with van der Waals surface area (Å²) in [5.74, 6) is -0.645. The summed E-state index contributed by atoms with van der Waals surface area (Å²) in [7, 11) is 0. The molecule has 182 valence electrons. The van der Waals surface area contributed by atoms with Gasteiger partial charge in [0.15, 0.2) is 5.78 Å². The van der Waals surface area contributed by atoms with E-state index in [1.165, 1.54) is 24.5 Å². The second-order valence-corrected chi connectivity index (χ2v) is 8.68. The van der Waals surface area contributed by atoms with Crippen LogP contribution in [-0.4, -0.2) is 26.9 Å². The number of aromatic nitrogens is 3. The molecule has 1 saturated carbocycles. The highest BCUT2D eigenvalue weighted by molar-refractivity contribution is 6.30. The van der Waals surface area contributed by atoms with E-state index in [0.29, 0.717) is 24.2 Å². The number of alkyl halides is 3. The van der Waals surface area contributed by atoms with Crippen molar-refractivity contribution < 1.29 is 22.8 Å². The molecule has 0 unspecified atom stereocenters. The van der Waals surface area contributed by atoms with E-state index in [0.717, 1.165) is 12.1 Å². The Labute approximate surface area is 201 Å². The van der Waals surface area contributed by atoms with Gasteiger partial charge in [-0.1, -0.05) is 11.6 Å². The van der Waals surface area contributed by atoms with Crippen LogP contribution in [0, 0.1) is 5.41 Å². The van der Waals surface area contributed by atoms with Crippen LogP contribution >= 0.6 is 11.6 Å². The van der Waals surface area contributed by atoms with E-state index in [1.54, 1.807) is 12.1 Å². The molecular formula is C23H19ClF3N5O3. The van der Waals surface area contributed by atoms with E-state index in [4.69, 9.17) is 11.6 Å². The number of aromatic amines is 1. The fraction of sp³-hybridized carbons (Fsp3) is 0.261. The number of carbonyl (C=O) groups excluding carboxylic acids is 2. The van der Waals surface area contributed by atoms with E-state index in [2.05, 4.69) is 25.8 Å². The normalized spacial score (nSPS) is 14.3. The van der Waals surface area contributed by atoms with Crippen LogP contribution in [-0.2, 0) is 17.5 Å². The lowest BCUT2D eigenvalue weighted by Crippen LogP contribution is -2.33. The molecule has 4 rings (SSSR count). The lowest BCUT2D eigenvalue weighted by atomic mass is 9.95. The molecule has 1 aliphatic carbocycles. The molecule has 0 bridgehead atoms. The van der Waals surface area contributed by atoms with Gasteiger partial charge in [0.25, 0.3) is 5.56 Å². The molecule has 0 aliphatic heterocycles. The summed E-state index contributed by atoms with van der Waals surface area (Å²) in [6.07, 6.45) is -0.938. The Hall–Kier alpha value is -3.73. The number of halogens is 4. The largest absolute Gasteiger partial charge is 0.418 e. The van der Waals surface area contributed by atoms with Crippen molar-refractivity contribution in [2.45, 2.75) is 32.0 Å². The zero-order valence-corrected chi connectivity index (χ0v) is 18.8. The number of carbonyl (C=O) groups is 2. The lowest BCUT2D eigenvalue weighted by molar-refractivity contribution is -0.137. The van der Waals surface area contributed by atoms with E-state index < -0.39 is 22.7 Å². The van der Waals surface area contributed by atoms with Gasteiger partial charge in [0, 0.05) is 23.1 Å². The molecule has 1 aliphatic rings. The van der Waals surface area contributed by atoms with Crippen molar-refractivity contribution in [1.82, 2.24) is 20.5 Å². The average molecular weight is 506 g/mol. The van der Waals surface area contributed by atoms with Gasteiger partial charge in [0.2, 0.25) is 5.91 Å². The first-order valence-corrected chi connectivity index (χ1v) is 10.9. The Morgan fingerprint density at radius 2 is 1.89 bits per heavy atom. The first-order chi connectivity index (χ1) is 16.6. The minimum absolute atomic E-state index is 0.0312. The number of rotatable bonds is 8. The molecule has 3 N–H and O–H groups in total. The van der Waals surface area contributed by atoms with Crippen LogP contribution in [0.3, 0.4) is 0 Å². The molecule has 2 heterocycles. The molecule has 0 saturated heterocycles. The SMILES string of the molecule is O=C(CC1(C(=O)NCc2ccc(Nc3ccc(Cl)cc3C(F)(F)F)cn2)CC1)c1cn[nH]c(=O)c1. The summed E-state index contributed by atoms with van der Waals surface area (Å²) in [5.41, 5.74) is -1.45. The molecule has 12 heteroatoms. The number of hydrogen-bond acceptors (Lipinski definition) is 6. The summed E-state index contributed by atoms with van der Waals surface area (Å²) < 4.78 is 39.8. The number of benzene rings is 1. The summed E-state index contributed by atoms with van der Waals surface area (Å²) in [6.45, 7) is 0.0797. The number of anilines is 2. The third-order valence-corrected chi connectivity index (χ3v) is 5.88. The number of ketones is 1. The van der Waals surface area contributed by atoms with Crippen molar-refractivity contribution in [3.05, 3.63) is 81.0 Å². The predicted molar refractivity (Wildman–Crippen MR) is 121 cm³/mol. The molecule has 0 atom stereocenters. The number of hydrogen-bond donors (Lipinski definition) is 3. The molecule has 2 aromatic heterocycles. The molecule has 1 fully saturated rings. The standard InChI is InChI=1S/C23H19ClF3N5O3/c24-14-1-4-18(17(8-14)23(25,26)27)31-16-3-2-15(28-12-16)11-29-21(35)22(5-6-22)9-19(33)13-7-20(34)32-30-10-13/h1-4,7-8,10,12,31H,5-6,9,11H2,(H,29,35)(H,32,34). The first kappa shape index (κ1) is 24.4. The number of H-pyrrole nitrogens is 1. The number of amides is 1. The van der Waals surface area contributed by atoms with Gasteiger partial charge >= 0.3 is 6.18 Å².